The molecule has 5 nitrogen and oxygen atoms in total. The molecule has 0 aromatic rings. The van der Waals surface area contributed by atoms with Crippen molar-refractivity contribution >= 4 is 14.4 Å². The molecule has 0 bridgehead atoms. The summed E-state index contributed by atoms with van der Waals surface area (Å²) in [6.45, 7) is 7.05. The van der Waals surface area contributed by atoms with E-state index in [1.54, 1.807) is 27.7 Å². The second-order valence-electron chi connectivity index (χ2n) is 3.32. The summed E-state index contributed by atoms with van der Waals surface area (Å²) < 4.78 is 21.5. The molecule has 6 heteroatoms. The first-order valence-electron chi connectivity index (χ1n) is 5.10. The fourth-order valence-corrected chi connectivity index (χ4v) is 2.05. The van der Waals surface area contributed by atoms with Gasteiger partial charge in [-0.15, -0.1) is 0 Å². The summed E-state index contributed by atoms with van der Waals surface area (Å²) >= 11 is 0. The normalized spacial score (nSPS) is 12.0. The van der Waals surface area contributed by atoms with Crippen LogP contribution in [0.2, 0.25) is 0 Å². The molecule has 1 unspecified atom stereocenters. The van der Waals surface area contributed by atoms with Crippen LogP contribution in [0.1, 0.15) is 27.7 Å². The van der Waals surface area contributed by atoms with Crippen molar-refractivity contribution in [2.75, 3.05) is 13.2 Å². The number of ether oxygens (including phenoxy) is 2. The fourth-order valence-electron chi connectivity index (χ4n) is 1.37. The Bertz CT molecular complexity index is 288. The summed E-state index contributed by atoms with van der Waals surface area (Å²) in [6.07, 6.45) is 0. The van der Waals surface area contributed by atoms with Crippen LogP contribution in [0.5, 0.6) is 0 Å². The van der Waals surface area contributed by atoms with Crippen LogP contribution in [0.3, 0.4) is 0 Å². The largest absolute Gasteiger partial charge is 0.477 e. The third kappa shape index (κ3) is 3.17. The predicted octanol–water partition coefficient (Wildman–Crippen LogP) is 1.89. The lowest BCUT2D eigenvalue weighted by molar-refractivity contribution is -0.221. The van der Waals surface area contributed by atoms with Crippen LogP contribution < -0.4 is 0 Å². The van der Waals surface area contributed by atoms with E-state index in [1.165, 1.54) is 0 Å². The van der Waals surface area contributed by atoms with Gasteiger partial charge in [-0.2, -0.15) is 0 Å². The molecular weight excluding hydrogens is 231 g/mol. The lowest BCUT2D eigenvalue weighted by Crippen LogP contribution is -2.45. The number of carbonyl (C=O) groups is 1. The Morgan fingerprint density at radius 2 is 1.69 bits per heavy atom. The maximum atomic E-state index is 11.3. The van der Waals surface area contributed by atoms with Crippen molar-refractivity contribution in [3.8, 4) is 0 Å². The molecule has 0 saturated carbocycles. The number of rotatable bonds is 7. The minimum Gasteiger partial charge on any atom is -0.477 e. The van der Waals surface area contributed by atoms with Gasteiger partial charge in [0.1, 0.15) is 0 Å². The highest BCUT2D eigenvalue weighted by molar-refractivity contribution is 7.29. The highest BCUT2D eigenvalue weighted by atomic mass is 31.1. The fraction of sp³-hybridized carbons (Fsp3) is 0.700. The van der Waals surface area contributed by atoms with Gasteiger partial charge in [0.25, 0.3) is 5.79 Å². The van der Waals surface area contributed by atoms with E-state index in [4.69, 9.17) is 9.47 Å². The SMILES string of the molecule is CCOC(OCC)(C(=O)O)C([PH2]=O)=C(C)C. The van der Waals surface area contributed by atoms with E-state index >= 15 is 0 Å². The van der Waals surface area contributed by atoms with Crippen molar-refractivity contribution in [1.82, 2.24) is 0 Å². The van der Waals surface area contributed by atoms with Gasteiger partial charge in [0.05, 0.1) is 13.8 Å². The van der Waals surface area contributed by atoms with Gasteiger partial charge in [0.15, 0.2) is 0 Å². The van der Waals surface area contributed by atoms with Crippen LogP contribution in [0, 0.1) is 0 Å². The summed E-state index contributed by atoms with van der Waals surface area (Å²) in [6, 6.07) is 0. The van der Waals surface area contributed by atoms with Crippen molar-refractivity contribution in [3.63, 3.8) is 0 Å². The Labute approximate surface area is 96.6 Å². The molecule has 0 aliphatic heterocycles. The number of allylic oxidation sites excluding steroid dienone is 1. The molecule has 94 valence electrons. The van der Waals surface area contributed by atoms with Crippen molar-refractivity contribution < 1.29 is 23.9 Å². The Morgan fingerprint density at radius 3 is 1.88 bits per heavy atom. The Morgan fingerprint density at radius 1 is 1.25 bits per heavy atom. The molecule has 0 aromatic carbocycles. The van der Waals surface area contributed by atoms with Gasteiger partial charge < -0.3 is 19.1 Å². The molecule has 0 saturated heterocycles. The Balaban J connectivity index is 5.57. The summed E-state index contributed by atoms with van der Waals surface area (Å²) in [5.74, 6) is -3.16. The molecule has 0 heterocycles. The molecule has 0 aliphatic rings. The lowest BCUT2D eigenvalue weighted by atomic mass is 10.1. The highest BCUT2D eigenvalue weighted by Crippen LogP contribution is 2.34. The van der Waals surface area contributed by atoms with E-state index in [1.807, 2.05) is 0 Å². The molecular formula is C10H19O5P. The van der Waals surface area contributed by atoms with E-state index in [0.29, 0.717) is 5.57 Å². The number of hydrogen-bond acceptors (Lipinski definition) is 4. The predicted molar refractivity (Wildman–Crippen MR) is 62.4 cm³/mol. The molecule has 0 aliphatic carbocycles. The van der Waals surface area contributed by atoms with E-state index in [2.05, 4.69) is 0 Å². The van der Waals surface area contributed by atoms with E-state index < -0.39 is 20.2 Å². The van der Waals surface area contributed by atoms with Gasteiger partial charge in [-0.3, -0.25) is 0 Å². The summed E-state index contributed by atoms with van der Waals surface area (Å²) in [5, 5.41) is 9.44. The first-order chi connectivity index (χ1) is 7.46. The summed E-state index contributed by atoms with van der Waals surface area (Å²) in [7, 11) is -1.41. The molecule has 0 radical (unpaired) electrons. The highest BCUT2D eigenvalue weighted by Gasteiger charge is 2.45. The van der Waals surface area contributed by atoms with Gasteiger partial charge in [0, 0.05) is 13.2 Å². The number of carboxylic acids is 1. The minimum atomic E-state index is -1.89. The van der Waals surface area contributed by atoms with Crippen molar-refractivity contribution in [1.29, 1.82) is 0 Å². The van der Waals surface area contributed by atoms with Crippen LogP contribution >= 0.6 is 8.46 Å². The lowest BCUT2D eigenvalue weighted by Gasteiger charge is -2.29. The van der Waals surface area contributed by atoms with Gasteiger partial charge in [0.2, 0.25) is 0 Å². The van der Waals surface area contributed by atoms with E-state index in [9.17, 15) is 14.5 Å². The molecule has 0 amide bonds. The van der Waals surface area contributed by atoms with E-state index in [0.717, 1.165) is 0 Å². The zero-order chi connectivity index (χ0) is 12.8. The smallest absolute Gasteiger partial charge is 0.369 e. The second-order valence-corrected chi connectivity index (χ2v) is 4.13. The van der Waals surface area contributed by atoms with Crippen molar-refractivity contribution in [2.24, 2.45) is 0 Å². The topological polar surface area (TPSA) is 72.8 Å². The molecule has 1 atom stereocenters. The summed E-state index contributed by atoms with van der Waals surface area (Å²) in [4.78, 5) is 11.3. The summed E-state index contributed by atoms with van der Waals surface area (Å²) in [5.41, 5.74) is 0.648. The molecule has 0 spiro atoms. The maximum absolute atomic E-state index is 11.3. The van der Waals surface area contributed by atoms with Gasteiger partial charge in [-0.25, -0.2) is 4.79 Å². The number of hydrogen-bond donors (Lipinski definition) is 1. The van der Waals surface area contributed by atoms with Gasteiger partial charge in [-0.05, 0) is 27.7 Å². The monoisotopic (exact) mass is 250 g/mol. The minimum absolute atomic E-state index is 0.169. The third-order valence-corrected chi connectivity index (χ3v) is 3.18. The second kappa shape index (κ2) is 6.84. The van der Waals surface area contributed by atoms with Crippen LogP contribution in [0.25, 0.3) is 0 Å². The van der Waals surface area contributed by atoms with Crippen LogP contribution in [0.15, 0.2) is 10.9 Å². The van der Waals surface area contributed by atoms with Gasteiger partial charge >= 0.3 is 5.97 Å². The standard InChI is InChI=1S/C10H19O5P/c1-5-14-10(9(11)12,15-6-2)8(16-13)7(3)4/h5-6,16H2,1-4H3,(H,11,12). The van der Waals surface area contributed by atoms with Crippen LogP contribution in [-0.2, 0) is 18.8 Å². The zero-order valence-electron chi connectivity index (χ0n) is 10.1. The Kier molecular flexibility index (Phi) is 6.56. The van der Waals surface area contributed by atoms with Crippen molar-refractivity contribution in [3.05, 3.63) is 10.9 Å². The molecule has 1 N–H and O–H groups in total. The van der Waals surface area contributed by atoms with Crippen LogP contribution in [-0.4, -0.2) is 30.1 Å². The molecule has 0 fully saturated rings. The van der Waals surface area contributed by atoms with Crippen LogP contribution in [0.4, 0.5) is 0 Å². The average Bonchev–Trinajstić information content (AvgIpc) is 2.18. The quantitative estimate of drug-likeness (QED) is 0.551. The first-order valence-corrected chi connectivity index (χ1v) is 6.15. The molecule has 16 heavy (non-hydrogen) atoms. The number of aliphatic carboxylic acids is 1. The number of carboxylic acid groups (broad SMARTS) is 1. The first kappa shape index (κ1) is 15.4. The van der Waals surface area contributed by atoms with Gasteiger partial charge in [-0.1, -0.05) is 5.57 Å². The molecule has 0 aromatic heterocycles. The maximum Gasteiger partial charge on any atom is 0.369 e. The third-order valence-electron chi connectivity index (χ3n) is 1.99. The van der Waals surface area contributed by atoms with Crippen molar-refractivity contribution in [2.45, 2.75) is 33.5 Å². The zero-order valence-corrected chi connectivity index (χ0v) is 11.2. The molecule has 0 rings (SSSR count). The van der Waals surface area contributed by atoms with E-state index in [-0.39, 0.29) is 18.5 Å². The average molecular weight is 250 g/mol. The Hall–Kier alpha value is -0.640.